The molecule has 1 aromatic carbocycles. The minimum Gasteiger partial charge on any atom is -0.345 e. The standard InChI is InChI=1S/C8H12F2.C7H6N2.C2H6/c1-6(2)4-5-7(3)8(9)10;1-2-4-7-6(3-1)8-5-9-7;1-2/h1,4-5H2,2-3H3;1-5H,(H,8,9);1-2H3. The maximum absolute atomic E-state index is 11.7. The number of benzene rings is 1. The average molecular weight is 294 g/mol. The van der Waals surface area contributed by atoms with Crippen LogP contribution in [0.1, 0.15) is 40.5 Å². The molecular formula is C17H24F2N2. The van der Waals surface area contributed by atoms with Crippen LogP contribution in [-0.4, -0.2) is 9.97 Å². The lowest BCUT2D eigenvalue weighted by molar-refractivity contribution is 0.408. The van der Waals surface area contributed by atoms with Crippen LogP contribution in [0.25, 0.3) is 11.0 Å². The fourth-order valence-corrected chi connectivity index (χ4v) is 1.38. The van der Waals surface area contributed by atoms with E-state index in [1.807, 2.05) is 45.0 Å². The lowest BCUT2D eigenvalue weighted by atomic mass is 10.1. The van der Waals surface area contributed by atoms with E-state index in [2.05, 4.69) is 16.5 Å². The third-order valence-electron chi connectivity index (χ3n) is 2.58. The molecule has 1 heterocycles. The van der Waals surface area contributed by atoms with Crippen molar-refractivity contribution in [1.82, 2.24) is 9.97 Å². The van der Waals surface area contributed by atoms with Gasteiger partial charge in [-0.1, -0.05) is 31.6 Å². The van der Waals surface area contributed by atoms with Crippen molar-refractivity contribution in [3.63, 3.8) is 0 Å². The third kappa shape index (κ3) is 8.02. The SMILES string of the molecule is C=C(C)CCC(C)=C(F)F.CC.c1ccc2[nH]cnc2c1. The smallest absolute Gasteiger partial charge is 0.269 e. The quantitative estimate of drug-likeness (QED) is 0.680. The van der Waals surface area contributed by atoms with Gasteiger partial charge in [0.1, 0.15) is 0 Å². The molecule has 1 aromatic heterocycles. The Hall–Kier alpha value is -1.97. The topological polar surface area (TPSA) is 28.7 Å². The molecule has 0 aliphatic heterocycles. The van der Waals surface area contributed by atoms with Crippen molar-refractivity contribution in [2.45, 2.75) is 40.5 Å². The fourth-order valence-electron chi connectivity index (χ4n) is 1.38. The van der Waals surface area contributed by atoms with Crippen LogP contribution in [0, 0.1) is 0 Å². The largest absolute Gasteiger partial charge is 0.345 e. The Bertz CT molecular complexity index is 537. The molecule has 0 atom stereocenters. The van der Waals surface area contributed by atoms with Gasteiger partial charge in [-0.2, -0.15) is 8.78 Å². The number of hydrogen-bond donors (Lipinski definition) is 1. The Morgan fingerprint density at radius 3 is 2.29 bits per heavy atom. The Morgan fingerprint density at radius 2 is 1.76 bits per heavy atom. The first-order chi connectivity index (χ1) is 10.0. The highest BCUT2D eigenvalue weighted by Gasteiger charge is 1.98. The number of H-pyrrole nitrogens is 1. The summed E-state index contributed by atoms with van der Waals surface area (Å²) >= 11 is 0. The minimum atomic E-state index is -1.55. The first-order valence-corrected chi connectivity index (χ1v) is 7.04. The van der Waals surface area contributed by atoms with Gasteiger partial charge >= 0.3 is 0 Å². The van der Waals surface area contributed by atoms with Crippen LogP contribution in [-0.2, 0) is 0 Å². The second kappa shape index (κ2) is 10.8. The minimum absolute atomic E-state index is 0.169. The monoisotopic (exact) mass is 294 g/mol. The predicted molar refractivity (Wildman–Crippen MR) is 86.4 cm³/mol. The van der Waals surface area contributed by atoms with Gasteiger partial charge in [-0.3, -0.25) is 0 Å². The molecule has 4 heteroatoms. The summed E-state index contributed by atoms with van der Waals surface area (Å²) in [6.07, 6.45) is 1.23. The van der Waals surface area contributed by atoms with Crippen molar-refractivity contribution in [3.05, 3.63) is 54.4 Å². The first kappa shape index (κ1) is 19.0. The van der Waals surface area contributed by atoms with Gasteiger partial charge in [-0.15, -0.1) is 6.58 Å². The van der Waals surface area contributed by atoms with Crippen molar-refractivity contribution in [2.24, 2.45) is 0 Å². The van der Waals surface area contributed by atoms with E-state index in [-0.39, 0.29) is 5.57 Å². The number of nitrogens with zero attached hydrogens (tertiary/aromatic N) is 1. The summed E-state index contributed by atoms with van der Waals surface area (Å²) in [7, 11) is 0. The van der Waals surface area contributed by atoms with Gasteiger partial charge in [0.15, 0.2) is 0 Å². The van der Waals surface area contributed by atoms with E-state index < -0.39 is 6.08 Å². The van der Waals surface area contributed by atoms with Gasteiger partial charge in [-0.25, -0.2) is 4.98 Å². The normalized spacial score (nSPS) is 9.05. The Labute approximate surface area is 125 Å². The zero-order chi connectivity index (χ0) is 16.3. The zero-order valence-electron chi connectivity index (χ0n) is 13.2. The highest BCUT2D eigenvalue weighted by Crippen LogP contribution is 2.14. The molecule has 21 heavy (non-hydrogen) atoms. The second-order valence-electron chi connectivity index (χ2n) is 4.42. The van der Waals surface area contributed by atoms with Crippen LogP contribution < -0.4 is 0 Å². The Kier molecular flexibility index (Phi) is 9.76. The second-order valence-corrected chi connectivity index (χ2v) is 4.42. The molecule has 2 aromatic rings. The summed E-state index contributed by atoms with van der Waals surface area (Å²) in [5.41, 5.74) is 3.23. The number of halogens is 2. The molecule has 0 spiro atoms. The highest BCUT2D eigenvalue weighted by atomic mass is 19.3. The van der Waals surface area contributed by atoms with Crippen molar-refractivity contribution in [2.75, 3.05) is 0 Å². The fraction of sp³-hybridized carbons (Fsp3) is 0.353. The number of nitrogens with one attached hydrogen (secondary N) is 1. The van der Waals surface area contributed by atoms with Crippen molar-refractivity contribution < 1.29 is 8.78 Å². The van der Waals surface area contributed by atoms with Crippen LogP contribution in [0.3, 0.4) is 0 Å². The van der Waals surface area contributed by atoms with E-state index >= 15 is 0 Å². The van der Waals surface area contributed by atoms with Crippen LogP contribution in [0.4, 0.5) is 8.78 Å². The van der Waals surface area contributed by atoms with Crippen molar-refractivity contribution in [3.8, 4) is 0 Å². The van der Waals surface area contributed by atoms with Crippen LogP contribution in [0.2, 0.25) is 0 Å². The van der Waals surface area contributed by atoms with E-state index in [1.54, 1.807) is 6.33 Å². The summed E-state index contributed by atoms with van der Waals surface area (Å²) in [4.78, 5) is 7.07. The van der Waals surface area contributed by atoms with Crippen LogP contribution in [0.5, 0.6) is 0 Å². The lowest BCUT2D eigenvalue weighted by Crippen LogP contribution is -1.80. The van der Waals surface area contributed by atoms with Crippen molar-refractivity contribution in [1.29, 1.82) is 0 Å². The molecule has 0 radical (unpaired) electrons. The van der Waals surface area contributed by atoms with E-state index in [0.29, 0.717) is 12.8 Å². The van der Waals surface area contributed by atoms with Gasteiger partial charge in [-0.05, 0) is 44.4 Å². The van der Waals surface area contributed by atoms with E-state index in [9.17, 15) is 8.78 Å². The zero-order valence-corrected chi connectivity index (χ0v) is 13.2. The number of para-hydroxylation sites is 2. The Morgan fingerprint density at radius 1 is 1.14 bits per heavy atom. The number of fused-ring (bicyclic) bond motifs is 1. The van der Waals surface area contributed by atoms with E-state index in [4.69, 9.17) is 0 Å². The molecule has 116 valence electrons. The highest BCUT2D eigenvalue weighted by molar-refractivity contribution is 5.73. The summed E-state index contributed by atoms with van der Waals surface area (Å²) < 4.78 is 23.5. The van der Waals surface area contributed by atoms with Gasteiger partial charge in [0.05, 0.1) is 17.4 Å². The molecule has 0 aliphatic carbocycles. The molecule has 1 N–H and O–H groups in total. The lowest BCUT2D eigenvalue weighted by Gasteiger charge is -1.97. The first-order valence-electron chi connectivity index (χ1n) is 7.04. The summed E-state index contributed by atoms with van der Waals surface area (Å²) in [5.74, 6) is 0. The maximum Gasteiger partial charge on any atom is 0.269 e. The van der Waals surface area contributed by atoms with E-state index in [1.165, 1.54) is 6.92 Å². The average Bonchev–Trinajstić information content (AvgIpc) is 2.95. The number of imidazole rings is 1. The number of hydrogen-bond acceptors (Lipinski definition) is 1. The van der Waals surface area contributed by atoms with E-state index in [0.717, 1.165) is 16.6 Å². The van der Waals surface area contributed by atoms with Gasteiger partial charge in [0.25, 0.3) is 6.08 Å². The summed E-state index contributed by atoms with van der Waals surface area (Å²) in [5, 5.41) is 0. The number of allylic oxidation sites excluding steroid dienone is 2. The van der Waals surface area contributed by atoms with Gasteiger partial charge < -0.3 is 4.98 Å². The molecular weight excluding hydrogens is 270 g/mol. The Balaban J connectivity index is 0.000000341. The maximum atomic E-state index is 11.7. The molecule has 0 fully saturated rings. The molecule has 0 saturated heterocycles. The predicted octanol–water partition coefficient (Wildman–Crippen LogP) is 6.10. The molecule has 2 nitrogen and oxygen atoms in total. The van der Waals surface area contributed by atoms with Crippen LogP contribution >= 0.6 is 0 Å². The number of rotatable bonds is 3. The molecule has 0 saturated carbocycles. The van der Waals surface area contributed by atoms with Crippen LogP contribution in [0.15, 0.2) is 54.4 Å². The molecule has 0 amide bonds. The molecule has 2 rings (SSSR count). The van der Waals surface area contributed by atoms with Gasteiger partial charge in [0, 0.05) is 0 Å². The van der Waals surface area contributed by atoms with Gasteiger partial charge in [0.2, 0.25) is 0 Å². The summed E-state index contributed by atoms with van der Waals surface area (Å²) in [6, 6.07) is 7.94. The molecule has 0 unspecified atom stereocenters. The number of aromatic nitrogens is 2. The molecule has 0 bridgehead atoms. The summed E-state index contributed by atoms with van der Waals surface area (Å²) in [6.45, 7) is 10.9. The number of aromatic amines is 1. The van der Waals surface area contributed by atoms with Crippen molar-refractivity contribution >= 4 is 11.0 Å². The molecule has 0 aliphatic rings. The third-order valence-corrected chi connectivity index (χ3v) is 2.58.